The molecule has 0 unspecified atom stereocenters. The molecule has 0 spiro atoms. The van der Waals surface area contributed by atoms with Crippen molar-refractivity contribution < 1.29 is 18.3 Å². The van der Waals surface area contributed by atoms with Gasteiger partial charge in [0, 0.05) is 4.47 Å². The first kappa shape index (κ1) is 14.5. The summed E-state index contributed by atoms with van der Waals surface area (Å²) in [5, 5.41) is 9.16. The molecule has 0 saturated heterocycles. The number of nitrogens with one attached hydrogen (secondary N) is 1. The van der Waals surface area contributed by atoms with Crippen molar-refractivity contribution in [2.24, 2.45) is 0 Å². The topological polar surface area (TPSA) is 83.5 Å². The molecule has 0 aliphatic heterocycles. The van der Waals surface area contributed by atoms with E-state index in [0.717, 1.165) is 10.0 Å². The normalized spacial score (nSPS) is 17.8. The molecule has 0 aromatic heterocycles. The van der Waals surface area contributed by atoms with Crippen molar-refractivity contribution >= 4 is 31.9 Å². The van der Waals surface area contributed by atoms with Crippen LogP contribution in [0.2, 0.25) is 0 Å². The molecule has 0 amide bonds. The van der Waals surface area contributed by atoms with E-state index in [1.54, 1.807) is 13.0 Å². The molecule has 5 nitrogen and oxygen atoms in total. The van der Waals surface area contributed by atoms with E-state index in [4.69, 9.17) is 5.11 Å². The van der Waals surface area contributed by atoms with Gasteiger partial charge in [-0.1, -0.05) is 15.9 Å². The standard InChI is InChI=1S/C12H14BrNO4S/c1-8-7-9(3-4-10(8)13)19(17,18)14-12(11(15)16)5-2-6-12/h3-4,7,14H,2,5-6H2,1H3,(H,15,16). The first-order valence-electron chi connectivity index (χ1n) is 5.80. The van der Waals surface area contributed by atoms with Crippen molar-refractivity contribution in [3.63, 3.8) is 0 Å². The molecule has 0 atom stereocenters. The van der Waals surface area contributed by atoms with Crippen LogP contribution in [0.5, 0.6) is 0 Å². The number of benzene rings is 1. The molecule has 7 heteroatoms. The van der Waals surface area contributed by atoms with Crippen LogP contribution in [0.15, 0.2) is 27.6 Å². The zero-order chi connectivity index (χ0) is 14.3. The molecule has 2 N–H and O–H groups in total. The van der Waals surface area contributed by atoms with Crippen molar-refractivity contribution in [2.75, 3.05) is 0 Å². The van der Waals surface area contributed by atoms with E-state index in [9.17, 15) is 13.2 Å². The largest absolute Gasteiger partial charge is 0.480 e. The van der Waals surface area contributed by atoms with Crippen LogP contribution in [0.4, 0.5) is 0 Å². The number of halogens is 1. The van der Waals surface area contributed by atoms with E-state index in [0.29, 0.717) is 19.3 Å². The number of carbonyl (C=O) groups is 1. The Morgan fingerprint density at radius 1 is 1.42 bits per heavy atom. The van der Waals surface area contributed by atoms with Gasteiger partial charge in [-0.25, -0.2) is 8.42 Å². The molecule has 1 aromatic rings. The summed E-state index contributed by atoms with van der Waals surface area (Å²) in [5.74, 6) is -1.11. The third-order valence-corrected chi connectivity index (χ3v) is 5.81. The van der Waals surface area contributed by atoms with Gasteiger partial charge in [-0.05, 0) is 49.9 Å². The molecule has 1 aliphatic carbocycles. The first-order chi connectivity index (χ1) is 8.77. The Hall–Kier alpha value is -0.920. The lowest BCUT2D eigenvalue weighted by molar-refractivity contribution is -0.147. The molecular formula is C12H14BrNO4S. The smallest absolute Gasteiger partial charge is 0.324 e. The Balaban J connectivity index is 2.32. The molecule has 0 heterocycles. The highest BCUT2D eigenvalue weighted by Crippen LogP contribution is 2.34. The minimum atomic E-state index is -3.81. The number of sulfonamides is 1. The van der Waals surface area contributed by atoms with Crippen molar-refractivity contribution in [3.8, 4) is 0 Å². The van der Waals surface area contributed by atoms with E-state index in [-0.39, 0.29) is 4.90 Å². The summed E-state index contributed by atoms with van der Waals surface area (Å²) in [6, 6.07) is 4.60. The van der Waals surface area contributed by atoms with Crippen molar-refractivity contribution in [3.05, 3.63) is 28.2 Å². The summed E-state index contributed by atoms with van der Waals surface area (Å²) in [6.45, 7) is 1.78. The summed E-state index contributed by atoms with van der Waals surface area (Å²) in [5.41, 5.74) is -0.555. The van der Waals surface area contributed by atoms with E-state index in [1.165, 1.54) is 12.1 Å². The number of carboxylic acids is 1. The molecule has 19 heavy (non-hydrogen) atoms. The highest BCUT2D eigenvalue weighted by atomic mass is 79.9. The van der Waals surface area contributed by atoms with Crippen LogP contribution in [0.25, 0.3) is 0 Å². The van der Waals surface area contributed by atoms with Crippen LogP contribution in [-0.4, -0.2) is 25.0 Å². The van der Waals surface area contributed by atoms with Crippen LogP contribution in [0.1, 0.15) is 24.8 Å². The van der Waals surface area contributed by atoms with Gasteiger partial charge in [-0.3, -0.25) is 4.79 Å². The molecule has 1 fully saturated rings. The Bertz CT molecular complexity index is 623. The minimum Gasteiger partial charge on any atom is -0.480 e. The summed E-state index contributed by atoms with van der Waals surface area (Å²) >= 11 is 3.30. The Morgan fingerprint density at radius 3 is 2.47 bits per heavy atom. The second kappa shape index (κ2) is 4.88. The van der Waals surface area contributed by atoms with E-state index in [2.05, 4.69) is 20.7 Å². The second-order valence-electron chi connectivity index (χ2n) is 4.76. The lowest BCUT2D eigenvalue weighted by Crippen LogP contribution is -2.58. The molecule has 2 rings (SSSR count). The van der Waals surface area contributed by atoms with Gasteiger partial charge in [0.05, 0.1) is 4.90 Å². The predicted octanol–water partition coefficient (Wildman–Crippen LogP) is 2.04. The van der Waals surface area contributed by atoms with Gasteiger partial charge in [0.1, 0.15) is 5.54 Å². The predicted molar refractivity (Wildman–Crippen MR) is 73.4 cm³/mol. The highest BCUT2D eigenvalue weighted by Gasteiger charge is 2.47. The first-order valence-corrected chi connectivity index (χ1v) is 8.08. The van der Waals surface area contributed by atoms with Crippen LogP contribution in [-0.2, 0) is 14.8 Å². The van der Waals surface area contributed by atoms with Crippen LogP contribution in [0, 0.1) is 6.92 Å². The number of hydrogen-bond donors (Lipinski definition) is 2. The van der Waals surface area contributed by atoms with Gasteiger partial charge in [0.2, 0.25) is 10.0 Å². The van der Waals surface area contributed by atoms with Crippen molar-refractivity contribution in [1.82, 2.24) is 4.72 Å². The average molecular weight is 348 g/mol. The fraction of sp³-hybridized carbons (Fsp3) is 0.417. The summed E-state index contributed by atoms with van der Waals surface area (Å²) in [4.78, 5) is 11.3. The molecule has 1 aliphatic rings. The zero-order valence-electron chi connectivity index (χ0n) is 10.3. The number of rotatable bonds is 4. The summed E-state index contributed by atoms with van der Waals surface area (Å²) in [6.07, 6.45) is 1.38. The van der Waals surface area contributed by atoms with Crippen LogP contribution in [0.3, 0.4) is 0 Å². The van der Waals surface area contributed by atoms with Gasteiger partial charge in [-0.15, -0.1) is 0 Å². The van der Waals surface area contributed by atoms with Gasteiger partial charge >= 0.3 is 5.97 Å². The SMILES string of the molecule is Cc1cc(S(=O)(=O)NC2(C(=O)O)CCC2)ccc1Br. The third-order valence-electron chi connectivity index (χ3n) is 3.39. The van der Waals surface area contributed by atoms with Gasteiger partial charge in [0.15, 0.2) is 0 Å². The monoisotopic (exact) mass is 347 g/mol. The molecule has 0 radical (unpaired) electrons. The molecule has 0 bridgehead atoms. The number of aryl methyl sites for hydroxylation is 1. The molecule has 104 valence electrons. The van der Waals surface area contributed by atoms with Crippen LogP contribution >= 0.6 is 15.9 Å². The third kappa shape index (κ3) is 2.68. The average Bonchev–Trinajstić information content (AvgIpc) is 2.26. The maximum Gasteiger partial charge on any atom is 0.324 e. The van der Waals surface area contributed by atoms with E-state index < -0.39 is 21.5 Å². The Labute approximate surface area is 120 Å². The fourth-order valence-electron chi connectivity index (χ4n) is 1.99. The number of aliphatic carboxylic acids is 1. The van der Waals surface area contributed by atoms with Crippen molar-refractivity contribution in [1.29, 1.82) is 0 Å². The minimum absolute atomic E-state index is 0.0840. The van der Waals surface area contributed by atoms with Gasteiger partial charge in [0.25, 0.3) is 0 Å². The summed E-state index contributed by atoms with van der Waals surface area (Å²) < 4.78 is 27.6. The molecule has 1 aromatic carbocycles. The second-order valence-corrected chi connectivity index (χ2v) is 7.29. The van der Waals surface area contributed by atoms with E-state index in [1.807, 2.05) is 0 Å². The Kier molecular flexibility index (Phi) is 3.72. The maximum absolute atomic E-state index is 12.2. The highest BCUT2D eigenvalue weighted by molar-refractivity contribution is 9.10. The number of hydrogen-bond acceptors (Lipinski definition) is 3. The zero-order valence-corrected chi connectivity index (χ0v) is 12.7. The van der Waals surface area contributed by atoms with E-state index >= 15 is 0 Å². The van der Waals surface area contributed by atoms with Crippen molar-refractivity contribution in [2.45, 2.75) is 36.6 Å². The molecular weight excluding hydrogens is 334 g/mol. The quantitative estimate of drug-likeness (QED) is 0.872. The number of carboxylic acid groups (broad SMARTS) is 1. The van der Waals surface area contributed by atoms with Gasteiger partial charge < -0.3 is 5.11 Å². The summed E-state index contributed by atoms with van der Waals surface area (Å²) in [7, 11) is -3.81. The van der Waals surface area contributed by atoms with Crippen LogP contribution < -0.4 is 4.72 Å². The maximum atomic E-state index is 12.2. The van der Waals surface area contributed by atoms with Gasteiger partial charge in [-0.2, -0.15) is 4.72 Å². The lowest BCUT2D eigenvalue weighted by atomic mass is 9.78. The fourth-order valence-corrected chi connectivity index (χ4v) is 3.74. The molecule has 1 saturated carbocycles. The lowest BCUT2D eigenvalue weighted by Gasteiger charge is -2.37. The Morgan fingerprint density at radius 2 is 2.05 bits per heavy atom.